The number of nitrogens with zero attached hydrogens (tertiary/aromatic N) is 1. The van der Waals surface area contributed by atoms with Gasteiger partial charge in [0.15, 0.2) is 0 Å². The molecule has 2 heterocycles. The molecule has 0 bridgehead atoms. The van der Waals surface area contributed by atoms with Crippen LogP contribution in [0.15, 0.2) is 60.7 Å². The molecule has 0 radical (unpaired) electrons. The summed E-state index contributed by atoms with van der Waals surface area (Å²) >= 11 is 0. The van der Waals surface area contributed by atoms with E-state index in [1.54, 1.807) is 4.90 Å². The van der Waals surface area contributed by atoms with Crippen LogP contribution in [0, 0.1) is 5.92 Å². The summed E-state index contributed by atoms with van der Waals surface area (Å²) in [5.74, 6) is -1.15. The maximum atomic E-state index is 12.1. The van der Waals surface area contributed by atoms with Gasteiger partial charge in [0.1, 0.15) is 0 Å². The molecule has 2 aromatic rings. The number of carbonyl (C=O) groups is 2. The number of nitrogens with two attached hydrogens (primary N) is 1. The average Bonchev–Trinajstić information content (AvgIpc) is 3.12. The molecule has 2 amide bonds. The molecule has 2 aliphatic heterocycles. The molecule has 4 N–H and O–H groups in total. The van der Waals surface area contributed by atoms with E-state index < -0.39 is 11.8 Å². The Morgan fingerprint density at radius 1 is 0.963 bits per heavy atom. The van der Waals surface area contributed by atoms with E-state index in [1.807, 2.05) is 12.1 Å². The fourth-order valence-corrected chi connectivity index (χ4v) is 4.43. The van der Waals surface area contributed by atoms with E-state index in [9.17, 15) is 9.59 Å². The van der Waals surface area contributed by atoms with Gasteiger partial charge in [-0.2, -0.15) is 0 Å². The van der Waals surface area contributed by atoms with Crippen molar-refractivity contribution in [3.8, 4) is 0 Å². The number of fused-ring (bicyclic) bond motifs is 1. The molecule has 6 nitrogen and oxygen atoms in total. The van der Waals surface area contributed by atoms with E-state index in [2.05, 4.69) is 59.4 Å². The Morgan fingerprint density at radius 3 is 2.11 bits per heavy atom. The van der Waals surface area contributed by atoms with Gasteiger partial charge in [-0.15, -0.1) is 0 Å². The Labute approximate surface area is 158 Å². The Morgan fingerprint density at radius 2 is 1.56 bits per heavy atom. The molecule has 2 aromatic carbocycles. The maximum Gasteiger partial charge on any atom is 0.311 e. The second kappa shape index (κ2) is 7.50. The summed E-state index contributed by atoms with van der Waals surface area (Å²) in [5, 5.41) is 0. The van der Waals surface area contributed by atoms with Crippen LogP contribution in [0.2, 0.25) is 0 Å². The molecule has 2 saturated heterocycles. The Balaban J connectivity index is 1.66. The average molecular weight is 364 g/mol. The molecule has 0 spiro atoms. The molecular weight excluding hydrogens is 340 g/mol. The van der Waals surface area contributed by atoms with Gasteiger partial charge in [-0.05, 0) is 17.5 Å². The SMILES string of the molecule is NC(=O)C(=O)N1CCC2NNC(C(c3ccccc3)c3ccccc3)C2C1. The molecule has 0 saturated carbocycles. The molecule has 27 heavy (non-hydrogen) atoms. The van der Waals surface area contributed by atoms with Crippen LogP contribution < -0.4 is 16.6 Å². The van der Waals surface area contributed by atoms with Crippen LogP contribution in [0.1, 0.15) is 23.5 Å². The highest BCUT2D eigenvalue weighted by Gasteiger charge is 2.45. The van der Waals surface area contributed by atoms with Gasteiger partial charge >= 0.3 is 11.8 Å². The van der Waals surface area contributed by atoms with Gasteiger partial charge in [0, 0.05) is 37.0 Å². The number of hydrogen-bond acceptors (Lipinski definition) is 4. The van der Waals surface area contributed by atoms with Crippen LogP contribution in [0.4, 0.5) is 0 Å². The smallest absolute Gasteiger partial charge is 0.311 e. The topological polar surface area (TPSA) is 87.5 Å². The summed E-state index contributed by atoms with van der Waals surface area (Å²) in [4.78, 5) is 25.1. The van der Waals surface area contributed by atoms with E-state index in [-0.39, 0.29) is 23.9 Å². The number of hydrazine groups is 1. The Hall–Kier alpha value is -2.70. The second-order valence-corrected chi connectivity index (χ2v) is 7.29. The predicted molar refractivity (Wildman–Crippen MR) is 102 cm³/mol. The summed E-state index contributed by atoms with van der Waals surface area (Å²) in [6.45, 7) is 1.07. The van der Waals surface area contributed by atoms with Crippen molar-refractivity contribution in [1.82, 2.24) is 15.8 Å². The van der Waals surface area contributed by atoms with Crippen molar-refractivity contribution in [2.24, 2.45) is 11.7 Å². The van der Waals surface area contributed by atoms with Crippen LogP contribution in [0.5, 0.6) is 0 Å². The summed E-state index contributed by atoms with van der Waals surface area (Å²) in [6, 6.07) is 21.2. The first-order valence-corrected chi connectivity index (χ1v) is 9.35. The van der Waals surface area contributed by atoms with Crippen molar-refractivity contribution in [3.05, 3.63) is 71.8 Å². The zero-order valence-electron chi connectivity index (χ0n) is 15.0. The minimum atomic E-state index is -0.883. The zero-order valence-corrected chi connectivity index (χ0v) is 15.0. The fraction of sp³-hybridized carbons (Fsp3) is 0.333. The standard InChI is InChI=1S/C21H24N4O2/c22-20(26)21(27)25-12-11-17-16(13-25)19(24-23-17)18(14-7-3-1-4-8-14)15-9-5-2-6-10-15/h1-10,16-19,23-24H,11-13H2,(H2,22,26). The van der Waals surface area contributed by atoms with Gasteiger partial charge in [-0.1, -0.05) is 60.7 Å². The normalized spacial score (nSPS) is 24.6. The Kier molecular flexibility index (Phi) is 4.92. The van der Waals surface area contributed by atoms with Crippen molar-refractivity contribution in [2.75, 3.05) is 13.1 Å². The molecule has 0 aliphatic carbocycles. The molecule has 4 rings (SSSR count). The highest BCUT2D eigenvalue weighted by atomic mass is 16.2. The van der Waals surface area contributed by atoms with Gasteiger partial charge in [0.25, 0.3) is 0 Å². The molecule has 0 aromatic heterocycles. The third-order valence-corrected chi connectivity index (χ3v) is 5.73. The third-order valence-electron chi connectivity index (χ3n) is 5.73. The molecule has 3 unspecified atom stereocenters. The first-order valence-electron chi connectivity index (χ1n) is 9.35. The van der Waals surface area contributed by atoms with Crippen LogP contribution in [-0.4, -0.2) is 41.9 Å². The van der Waals surface area contributed by atoms with Gasteiger partial charge in [0.2, 0.25) is 0 Å². The van der Waals surface area contributed by atoms with Crippen molar-refractivity contribution in [3.63, 3.8) is 0 Å². The maximum absolute atomic E-state index is 12.1. The molecule has 2 fully saturated rings. The highest BCUT2D eigenvalue weighted by Crippen LogP contribution is 2.37. The summed E-state index contributed by atoms with van der Waals surface area (Å²) in [6.07, 6.45) is 0.795. The van der Waals surface area contributed by atoms with E-state index >= 15 is 0 Å². The molecule has 140 valence electrons. The number of rotatable bonds is 3. The lowest BCUT2D eigenvalue weighted by molar-refractivity contribution is -0.145. The van der Waals surface area contributed by atoms with E-state index in [0.717, 1.165) is 6.42 Å². The number of primary amides is 1. The number of carbonyl (C=O) groups excluding carboxylic acids is 2. The number of amides is 2. The second-order valence-electron chi connectivity index (χ2n) is 7.29. The largest absolute Gasteiger partial charge is 0.361 e. The number of hydrogen-bond donors (Lipinski definition) is 3. The minimum absolute atomic E-state index is 0.100. The summed E-state index contributed by atoms with van der Waals surface area (Å²) in [7, 11) is 0. The van der Waals surface area contributed by atoms with E-state index in [0.29, 0.717) is 13.1 Å². The van der Waals surface area contributed by atoms with Gasteiger partial charge in [-0.3, -0.25) is 20.4 Å². The van der Waals surface area contributed by atoms with Crippen molar-refractivity contribution in [1.29, 1.82) is 0 Å². The fourth-order valence-electron chi connectivity index (χ4n) is 4.43. The molecule has 2 aliphatic rings. The molecular formula is C21H24N4O2. The first-order chi connectivity index (χ1) is 13.1. The lowest BCUT2D eigenvalue weighted by atomic mass is 9.76. The van der Waals surface area contributed by atoms with E-state index in [4.69, 9.17) is 5.73 Å². The van der Waals surface area contributed by atoms with Crippen molar-refractivity contribution in [2.45, 2.75) is 24.4 Å². The lowest BCUT2D eigenvalue weighted by Crippen LogP contribution is -2.52. The number of benzene rings is 2. The van der Waals surface area contributed by atoms with Crippen LogP contribution in [-0.2, 0) is 9.59 Å². The number of nitrogens with one attached hydrogen (secondary N) is 2. The van der Waals surface area contributed by atoms with Crippen LogP contribution in [0.3, 0.4) is 0 Å². The van der Waals surface area contributed by atoms with Crippen molar-refractivity contribution < 1.29 is 9.59 Å². The lowest BCUT2D eigenvalue weighted by Gasteiger charge is -2.37. The summed E-state index contributed by atoms with van der Waals surface area (Å²) < 4.78 is 0. The van der Waals surface area contributed by atoms with Gasteiger partial charge < -0.3 is 10.6 Å². The van der Waals surface area contributed by atoms with Gasteiger partial charge in [-0.25, -0.2) is 0 Å². The quantitative estimate of drug-likeness (QED) is 0.709. The minimum Gasteiger partial charge on any atom is -0.361 e. The highest BCUT2D eigenvalue weighted by molar-refractivity contribution is 6.34. The predicted octanol–water partition coefficient (Wildman–Crippen LogP) is 0.997. The van der Waals surface area contributed by atoms with Crippen molar-refractivity contribution >= 4 is 11.8 Å². The van der Waals surface area contributed by atoms with Gasteiger partial charge in [0.05, 0.1) is 0 Å². The molecule has 3 atom stereocenters. The zero-order chi connectivity index (χ0) is 18.8. The monoisotopic (exact) mass is 364 g/mol. The number of piperidine rings is 1. The van der Waals surface area contributed by atoms with Crippen LogP contribution in [0.25, 0.3) is 0 Å². The third kappa shape index (κ3) is 3.46. The van der Waals surface area contributed by atoms with Crippen LogP contribution >= 0.6 is 0 Å². The molecule has 6 heteroatoms. The summed E-state index contributed by atoms with van der Waals surface area (Å²) in [5.41, 5.74) is 14.6. The van der Waals surface area contributed by atoms with E-state index in [1.165, 1.54) is 11.1 Å². The number of likely N-dealkylation sites (tertiary alicyclic amines) is 1. The Bertz CT molecular complexity index is 772. The first kappa shape index (κ1) is 17.7.